The molecule has 1 aliphatic carbocycles. The number of hydrogen-bond donors (Lipinski definition) is 4. The maximum Gasteiger partial charge on any atom is 0.334 e. The van der Waals surface area contributed by atoms with Gasteiger partial charge in [-0.3, -0.25) is 0 Å². The molecule has 1 fully saturated rings. The predicted octanol–water partition coefficient (Wildman–Crippen LogP) is 0.405. The number of rotatable bonds is 5. The zero-order valence-electron chi connectivity index (χ0n) is 10.4. The number of carboxylic acid groups (broad SMARTS) is 1. The van der Waals surface area contributed by atoms with E-state index >= 15 is 0 Å². The molecule has 2 amide bonds. The first-order valence-electron chi connectivity index (χ1n) is 6.01. The molecule has 18 heavy (non-hydrogen) atoms. The second kappa shape index (κ2) is 7.48. The van der Waals surface area contributed by atoms with Crippen molar-refractivity contribution in [1.82, 2.24) is 10.6 Å². The fraction of sp³-hybridized carbons (Fsp3) is 0.818. The highest BCUT2D eigenvalue weighted by Crippen LogP contribution is 2.26. The fourth-order valence-corrected chi connectivity index (χ4v) is 2.83. The molecule has 0 spiro atoms. The molecule has 1 saturated carbocycles. The molecule has 6 nitrogen and oxygen atoms in total. The van der Waals surface area contributed by atoms with Crippen LogP contribution in [0.15, 0.2) is 0 Å². The van der Waals surface area contributed by atoms with Crippen molar-refractivity contribution in [1.29, 1.82) is 0 Å². The lowest BCUT2D eigenvalue weighted by Gasteiger charge is -2.28. The van der Waals surface area contributed by atoms with Crippen LogP contribution in [0.4, 0.5) is 4.79 Å². The molecule has 0 aromatic heterocycles. The summed E-state index contributed by atoms with van der Waals surface area (Å²) in [7, 11) is 0. The van der Waals surface area contributed by atoms with Crippen molar-refractivity contribution in [2.24, 2.45) is 0 Å². The quantitative estimate of drug-likeness (QED) is 0.583. The van der Waals surface area contributed by atoms with Gasteiger partial charge in [-0.2, -0.15) is 11.8 Å². The van der Waals surface area contributed by atoms with Gasteiger partial charge >= 0.3 is 12.0 Å². The van der Waals surface area contributed by atoms with Gasteiger partial charge in [0.15, 0.2) is 6.10 Å². The summed E-state index contributed by atoms with van der Waals surface area (Å²) in [6.07, 6.45) is 4.67. The Balaban J connectivity index is 2.25. The molecule has 3 atom stereocenters. The lowest BCUT2D eigenvalue weighted by molar-refractivity contribution is -0.146. The lowest BCUT2D eigenvalue weighted by atomic mass is 9.95. The Morgan fingerprint density at radius 3 is 2.78 bits per heavy atom. The van der Waals surface area contributed by atoms with Gasteiger partial charge in [0.25, 0.3) is 0 Å². The number of aliphatic hydroxyl groups is 1. The van der Waals surface area contributed by atoms with Gasteiger partial charge in [-0.15, -0.1) is 0 Å². The monoisotopic (exact) mass is 276 g/mol. The number of carbonyl (C=O) groups excluding carboxylic acids is 1. The molecule has 0 bridgehead atoms. The number of nitrogens with one attached hydrogen (secondary N) is 2. The molecule has 0 radical (unpaired) electrons. The maximum atomic E-state index is 11.5. The highest BCUT2D eigenvalue weighted by atomic mass is 32.2. The number of hydrogen-bond acceptors (Lipinski definition) is 4. The Labute approximate surface area is 111 Å². The van der Waals surface area contributed by atoms with E-state index in [-0.39, 0.29) is 12.6 Å². The Morgan fingerprint density at radius 2 is 2.17 bits per heavy atom. The minimum Gasteiger partial charge on any atom is -0.479 e. The molecule has 1 rings (SSSR count). The minimum absolute atomic E-state index is 0.137. The topological polar surface area (TPSA) is 98.7 Å². The highest BCUT2D eigenvalue weighted by molar-refractivity contribution is 7.99. The van der Waals surface area contributed by atoms with E-state index in [9.17, 15) is 9.59 Å². The van der Waals surface area contributed by atoms with E-state index in [1.165, 1.54) is 6.42 Å². The summed E-state index contributed by atoms with van der Waals surface area (Å²) in [5.41, 5.74) is 0. The lowest BCUT2D eigenvalue weighted by Crippen LogP contribution is -2.47. The molecule has 0 heterocycles. The van der Waals surface area contributed by atoms with Gasteiger partial charge in [-0.25, -0.2) is 9.59 Å². The minimum atomic E-state index is -1.55. The van der Waals surface area contributed by atoms with Gasteiger partial charge in [0.1, 0.15) is 0 Å². The van der Waals surface area contributed by atoms with Crippen LogP contribution >= 0.6 is 11.8 Å². The number of amides is 2. The van der Waals surface area contributed by atoms with Gasteiger partial charge in [0, 0.05) is 11.3 Å². The van der Waals surface area contributed by atoms with Gasteiger partial charge < -0.3 is 20.8 Å². The van der Waals surface area contributed by atoms with E-state index in [2.05, 4.69) is 16.9 Å². The summed E-state index contributed by atoms with van der Waals surface area (Å²) in [6, 6.07) is -0.278. The van der Waals surface area contributed by atoms with E-state index in [1.54, 1.807) is 0 Å². The van der Waals surface area contributed by atoms with E-state index in [0.717, 1.165) is 19.3 Å². The number of carboxylic acids is 1. The van der Waals surface area contributed by atoms with Crippen molar-refractivity contribution < 1.29 is 19.8 Å². The summed E-state index contributed by atoms with van der Waals surface area (Å²) in [5.74, 6) is -1.34. The summed E-state index contributed by atoms with van der Waals surface area (Å²) in [6.45, 7) is -0.278. The largest absolute Gasteiger partial charge is 0.479 e. The van der Waals surface area contributed by atoms with Crippen LogP contribution in [0.5, 0.6) is 0 Å². The van der Waals surface area contributed by atoms with Crippen molar-refractivity contribution in [3.8, 4) is 0 Å². The first-order chi connectivity index (χ1) is 8.52. The van der Waals surface area contributed by atoms with Crippen molar-refractivity contribution in [2.75, 3.05) is 12.8 Å². The molecule has 0 aliphatic heterocycles. The predicted molar refractivity (Wildman–Crippen MR) is 69.7 cm³/mol. The zero-order chi connectivity index (χ0) is 13.5. The summed E-state index contributed by atoms with van der Waals surface area (Å²) in [4.78, 5) is 21.9. The van der Waals surface area contributed by atoms with Gasteiger partial charge in [0.05, 0.1) is 6.54 Å². The SMILES string of the molecule is CSC1CCCC(NC(=O)NC[C@H](O)C(=O)O)C1. The second-order valence-corrected chi connectivity index (χ2v) is 5.57. The molecule has 0 aromatic rings. The van der Waals surface area contributed by atoms with Gasteiger partial charge in [0.2, 0.25) is 0 Å². The first kappa shape index (κ1) is 15.1. The number of carbonyl (C=O) groups is 2. The average molecular weight is 276 g/mol. The highest BCUT2D eigenvalue weighted by Gasteiger charge is 2.23. The van der Waals surface area contributed by atoms with Crippen LogP contribution in [0, 0.1) is 0 Å². The molecule has 104 valence electrons. The van der Waals surface area contributed by atoms with Crippen LogP contribution in [0.1, 0.15) is 25.7 Å². The molecule has 2 unspecified atom stereocenters. The van der Waals surface area contributed by atoms with E-state index in [1.807, 2.05) is 11.8 Å². The number of aliphatic carboxylic acids is 1. The molecule has 7 heteroatoms. The van der Waals surface area contributed by atoms with E-state index in [0.29, 0.717) is 5.25 Å². The average Bonchev–Trinajstić information content (AvgIpc) is 2.36. The Kier molecular flexibility index (Phi) is 6.28. The van der Waals surface area contributed by atoms with Crippen LogP contribution < -0.4 is 10.6 Å². The van der Waals surface area contributed by atoms with Crippen LogP contribution in [0.25, 0.3) is 0 Å². The maximum absolute atomic E-state index is 11.5. The molecule has 4 N–H and O–H groups in total. The van der Waals surface area contributed by atoms with Crippen molar-refractivity contribution in [2.45, 2.75) is 43.1 Å². The van der Waals surface area contributed by atoms with Crippen molar-refractivity contribution >= 4 is 23.8 Å². The van der Waals surface area contributed by atoms with E-state index in [4.69, 9.17) is 10.2 Å². The van der Waals surface area contributed by atoms with Crippen LogP contribution in [-0.4, -0.2) is 52.4 Å². The third-order valence-electron chi connectivity index (χ3n) is 3.04. The second-order valence-electron chi connectivity index (χ2n) is 4.43. The molecule has 1 aliphatic rings. The van der Waals surface area contributed by atoms with Gasteiger partial charge in [-0.1, -0.05) is 6.42 Å². The summed E-state index contributed by atoms with van der Waals surface area (Å²) in [5, 5.41) is 23.2. The molecular formula is C11H20N2O4S. The fourth-order valence-electron chi connectivity index (χ4n) is 2.00. The summed E-state index contributed by atoms with van der Waals surface area (Å²) >= 11 is 1.81. The smallest absolute Gasteiger partial charge is 0.334 e. The van der Waals surface area contributed by atoms with Crippen molar-refractivity contribution in [3.05, 3.63) is 0 Å². The van der Waals surface area contributed by atoms with Crippen LogP contribution in [0.3, 0.4) is 0 Å². The van der Waals surface area contributed by atoms with Crippen LogP contribution in [-0.2, 0) is 4.79 Å². The summed E-state index contributed by atoms with van der Waals surface area (Å²) < 4.78 is 0. The zero-order valence-corrected chi connectivity index (χ0v) is 11.2. The number of thioether (sulfide) groups is 1. The molecular weight excluding hydrogens is 256 g/mol. The molecule has 0 aromatic carbocycles. The van der Waals surface area contributed by atoms with Crippen LogP contribution in [0.2, 0.25) is 0 Å². The molecule has 0 saturated heterocycles. The third kappa shape index (κ3) is 5.14. The first-order valence-corrected chi connectivity index (χ1v) is 7.29. The normalized spacial score (nSPS) is 25.2. The van der Waals surface area contributed by atoms with E-state index < -0.39 is 18.1 Å². The Bertz CT molecular complexity index is 301. The number of urea groups is 1. The van der Waals surface area contributed by atoms with Gasteiger partial charge in [-0.05, 0) is 25.5 Å². The standard InChI is InChI=1S/C11H20N2O4S/c1-18-8-4-2-3-7(5-8)13-11(17)12-6-9(14)10(15)16/h7-9,14H,2-6H2,1H3,(H,15,16)(H2,12,13,17)/t7?,8?,9-/m0/s1. The number of aliphatic hydroxyl groups excluding tert-OH is 1. The Morgan fingerprint density at radius 1 is 1.44 bits per heavy atom. The Hall–Kier alpha value is -0.950. The third-order valence-corrected chi connectivity index (χ3v) is 4.13. The van der Waals surface area contributed by atoms with Crippen molar-refractivity contribution in [3.63, 3.8) is 0 Å².